The van der Waals surface area contributed by atoms with E-state index >= 15 is 0 Å². The molecule has 28 heavy (non-hydrogen) atoms. The number of likely N-dealkylation sites (tertiary alicyclic amines) is 1. The highest BCUT2D eigenvalue weighted by Crippen LogP contribution is 2.31. The predicted octanol–water partition coefficient (Wildman–Crippen LogP) is 4.41. The second-order valence-corrected chi connectivity index (χ2v) is 7.06. The van der Waals surface area contributed by atoms with Gasteiger partial charge >= 0.3 is 0 Å². The number of rotatable bonds is 6. The van der Waals surface area contributed by atoms with E-state index < -0.39 is 0 Å². The fourth-order valence-electron chi connectivity index (χ4n) is 3.70. The Hall–Kier alpha value is -3.14. The summed E-state index contributed by atoms with van der Waals surface area (Å²) in [5.41, 5.74) is 3.24. The minimum atomic E-state index is 0.0154. The van der Waals surface area contributed by atoms with Crippen molar-refractivity contribution < 1.29 is 9.53 Å². The molecule has 1 atom stereocenters. The second kappa shape index (κ2) is 8.70. The molecule has 0 N–H and O–H groups in total. The molecule has 1 aromatic heterocycles. The van der Waals surface area contributed by atoms with E-state index in [4.69, 9.17) is 9.72 Å². The first-order valence-corrected chi connectivity index (χ1v) is 9.77. The summed E-state index contributed by atoms with van der Waals surface area (Å²) < 4.78 is 5.66. The van der Waals surface area contributed by atoms with Gasteiger partial charge in [-0.1, -0.05) is 54.6 Å². The lowest BCUT2D eigenvalue weighted by Crippen LogP contribution is -2.34. The van der Waals surface area contributed by atoms with Gasteiger partial charge in [0.05, 0.1) is 11.7 Å². The SMILES string of the molecule is O=C(COc1ccccc1)N1CCCC1c1cccc(Cc2ccccc2)n1. The van der Waals surface area contributed by atoms with E-state index in [9.17, 15) is 4.79 Å². The van der Waals surface area contributed by atoms with Crippen molar-refractivity contribution in [2.75, 3.05) is 13.2 Å². The van der Waals surface area contributed by atoms with Gasteiger partial charge in [-0.3, -0.25) is 9.78 Å². The van der Waals surface area contributed by atoms with Crippen molar-refractivity contribution in [2.24, 2.45) is 0 Å². The van der Waals surface area contributed by atoms with Gasteiger partial charge < -0.3 is 9.64 Å². The number of hydrogen-bond donors (Lipinski definition) is 0. The maximum absolute atomic E-state index is 12.8. The predicted molar refractivity (Wildman–Crippen MR) is 109 cm³/mol. The molecule has 1 aliphatic rings. The van der Waals surface area contributed by atoms with Crippen LogP contribution in [0.4, 0.5) is 0 Å². The van der Waals surface area contributed by atoms with Gasteiger partial charge in [0.2, 0.25) is 0 Å². The number of benzene rings is 2. The Kier molecular flexibility index (Phi) is 5.66. The van der Waals surface area contributed by atoms with Gasteiger partial charge in [0.1, 0.15) is 5.75 Å². The van der Waals surface area contributed by atoms with Crippen LogP contribution in [0, 0.1) is 0 Å². The summed E-state index contributed by atoms with van der Waals surface area (Å²) in [5, 5.41) is 0. The number of aromatic nitrogens is 1. The van der Waals surface area contributed by atoms with E-state index in [-0.39, 0.29) is 18.6 Å². The molecular formula is C24H24N2O2. The molecule has 1 amide bonds. The number of para-hydroxylation sites is 1. The lowest BCUT2D eigenvalue weighted by atomic mass is 10.1. The normalized spacial score (nSPS) is 16.1. The van der Waals surface area contributed by atoms with E-state index in [1.807, 2.05) is 65.6 Å². The number of amides is 1. The lowest BCUT2D eigenvalue weighted by Gasteiger charge is -2.24. The van der Waals surface area contributed by atoms with Crippen LogP contribution in [-0.4, -0.2) is 28.9 Å². The summed E-state index contributed by atoms with van der Waals surface area (Å²) in [6.07, 6.45) is 2.73. The molecule has 3 aromatic rings. The molecule has 2 aromatic carbocycles. The molecule has 4 heteroatoms. The number of hydrogen-bond acceptors (Lipinski definition) is 3. The molecule has 1 unspecified atom stereocenters. The van der Waals surface area contributed by atoms with Crippen LogP contribution in [-0.2, 0) is 11.2 Å². The Morgan fingerprint density at radius 1 is 0.964 bits per heavy atom. The standard InChI is InChI=1S/C24H24N2O2/c27-24(18-28-21-12-5-2-6-13-21)26-16-8-15-23(26)22-14-7-11-20(25-22)17-19-9-3-1-4-10-19/h1-7,9-14,23H,8,15-18H2. The highest BCUT2D eigenvalue weighted by molar-refractivity contribution is 5.78. The van der Waals surface area contributed by atoms with Crippen LogP contribution >= 0.6 is 0 Å². The zero-order valence-corrected chi connectivity index (χ0v) is 15.8. The smallest absolute Gasteiger partial charge is 0.261 e. The molecule has 0 radical (unpaired) electrons. The molecule has 4 rings (SSSR count). The molecule has 142 valence electrons. The summed E-state index contributed by atoms with van der Waals surface area (Å²) in [6, 6.07) is 26.0. The summed E-state index contributed by atoms with van der Waals surface area (Å²) in [6.45, 7) is 0.816. The first kappa shape index (κ1) is 18.2. The van der Waals surface area contributed by atoms with Crippen LogP contribution in [0.5, 0.6) is 5.75 Å². The van der Waals surface area contributed by atoms with Crippen LogP contribution in [0.3, 0.4) is 0 Å². The summed E-state index contributed by atoms with van der Waals surface area (Å²) in [4.78, 5) is 19.5. The Labute approximate surface area is 165 Å². The van der Waals surface area contributed by atoms with Gasteiger partial charge in [-0.15, -0.1) is 0 Å². The van der Waals surface area contributed by atoms with E-state index in [1.165, 1.54) is 5.56 Å². The van der Waals surface area contributed by atoms with E-state index in [0.29, 0.717) is 0 Å². The molecular weight excluding hydrogens is 348 g/mol. The van der Waals surface area contributed by atoms with Gasteiger partial charge in [0.25, 0.3) is 5.91 Å². The van der Waals surface area contributed by atoms with Gasteiger partial charge in [-0.05, 0) is 42.7 Å². The maximum Gasteiger partial charge on any atom is 0.261 e. The second-order valence-electron chi connectivity index (χ2n) is 7.06. The zero-order chi connectivity index (χ0) is 19.2. The Morgan fingerprint density at radius 3 is 2.50 bits per heavy atom. The van der Waals surface area contributed by atoms with E-state index in [0.717, 1.165) is 42.9 Å². The molecule has 2 heterocycles. The van der Waals surface area contributed by atoms with Crippen molar-refractivity contribution in [3.8, 4) is 5.75 Å². The van der Waals surface area contributed by atoms with Crippen molar-refractivity contribution in [3.05, 3.63) is 95.8 Å². The van der Waals surface area contributed by atoms with Crippen molar-refractivity contribution >= 4 is 5.91 Å². The van der Waals surface area contributed by atoms with Crippen LogP contribution in [0.25, 0.3) is 0 Å². The molecule has 4 nitrogen and oxygen atoms in total. The minimum Gasteiger partial charge on any atom is -0.484 e. The van der Waals surface area contributed by atoms with Gasteiger partial charge in [-0.25, -0.2) is 0 Å². The van der Waals surface area contributed by atoms with E-state index in [1.54, 1.807) is 0 Å². The van der Waals surface area contributed by atoms with Crippen LogP contribution < -0.4 is 4.74 Å². The zero-order valence-electron chi connectivity index (χ0n) is 15.8. The molecule has 0 spiro atoms. The highest BCUT2D eigenvalue weighted by atomic mass is 16.5. The first-order chi connectivity index (χ1) is 13.8. The minimum absolute atomic E-state index is 0.0154. The molecule has 0 aliphatic carbocycles. The molecule has 0 saturated carbocycles. The average molecular weight is 372 g/mol. The summed E-state index contributed by atoms with van der Waals surface area (Å²) in [5.74, 6) is 0.733. The Bertz CT molecular complexity index is 912. The van der Waals surface area contributed by atoms with E-state index in [2.05, 4.69) is 18.2 Å². The number of carbonyl (C=O) groups is 1. The first-order valence-electron chi connectivity index (χ1n) is 9.77. The topological polar surface area (TPSA) is 42.4 Å². The third-order valence-electron chi connectivity index (χ3n) is 5.08. The summed E-state index contributed by atoms with van der Waals surface area (Å²) >= 11 is 0. The molecule has 1 aliphatic heterocycles. The van der Waals surface area contributed by atoms with Crippen LogP contribution in [0.15, 0.2) is 78.9 Å². The van der Waals surface area contributed by atoms with Gasteiger partial charge in [0.15, 0.2) is 6.61 Å². The molecule has 0 bridgehead atoms. The fourth-order valence-corrected chi connectivity index (χ4v) is 3.70. The Morgan fingerprint density at radius 2 is 1.71 bits per heavy atom. The number of nitrogens with zero attached hydrogens (tertiary/aromatic N) is 2. The third-order valence-corrected chi connectivity index (χ3v) is 5.08. The molecule has 1 saturated heterocycles. The van der Waals surface area contributed by atoms with Crippen LogP contribution in [0.1, 0.15) is 35.8 Å². The van der Waals surface area contributed by atoms with Crippen molar-refractivity contribution in [1.29, 1.82) is 0 Å². The van der Waals surface area contributed by atoms with Crippen LogP contribution in [0.2, 0.25) is 0 Å². The lowest BCUT2D eigenvalue weighted by molar-refractivity contribution is -0.134. The van der Waals surface area contributed by atoms with Crippen molar-refractivity contribution in [2.45, 2.75) is 25.3 Å². The number of pyridine rings is 1. The summed E-state index contributed by atoms with van der Waals surface area (Å²) in [7, 11) is 0. The Balaban J connectivity index is 1.44. The monoisotopic (exact) mass is 372 g/mol. The number of carbonyl (C=O) groups excluding carboxylic acids is 1. The largest absolute Gasteiger partial charge is 0.484 e. The van der Waals surface area contributed by atoms with Gasteiger partial charge in [0, 0.05) is 18.7 Å². The fraction of sp³-hybridized carbons (Fsp3) is 0.250. The quantitative estimate of drug-likeness (QED) is 0.643. The average Bonchev–Trinajstić information content (AvgIpc) is 3.24. The maximum atomic E-state index is 12.8. The third kappa shape index (κ3) is 4.39. The molecule has 1 fully saturated rings. The van der Waals surface area contributed by atoms with Crippen molar-refractivity contribution in [3.63, 3.8) is 0 Å². The van der Waals surface area contributed by atoms with Crippen molar-refractivity contribution in [1.82, 2.24) is 9.88 Å². The number of ether oxygens (including phenoxy) is 1. The highest BCUT2D eigenvalue weighted by Gasteiger charge is 2.31. The van der Waals surface area contributed by atoms with Gasteiger partial charge in [-0.2, -0.15) is 0 Å².